The lowest BCUT2D eigenvalue weighted by Gasteiger charge is -2.22. The van der Waals surface area contributed by atoms with E-state index in [-0.39, 0.29) is 11.2 Å². The van der Waals surface area contributed by atoms with Gasteiger partial charge in [-0.15, -0.1) is 4.72 Å². The molecule has 0 aliphatic rings. The third-order valence-corrected chi connectivity index (χ3v) is 2.43. The number of hydrogen-bond acceptors (Lipinski definition) is 3. The molecule has 0 saturated carbocycles. The summed E-state index contributed by atoms with van der Waals surface area (Å²) >= 11 is -1.10. The Morgan fingerprint density at radius 1 is 1.64 bits per heavy atom. The van der Waals surface area contributed by atoms with E-state index in [1.807, 2.05) is 26.8 Å². The Kier molecular flexibility index (Phi) is 4.50. The summed E-state index contributed by atoms with van der Waals surface area (Å²) in [6.07, 6.45) is 0.280. The van der Waals surface area contributed by atoms with E-state index < -0.39 is 11.4 Å². The number of nitrogens with one attached hydrogen (secondary N) is 1. The van der Waals surface area contributed by atoms with Crippen molar-refractivity contribution in [3.05, 3.63) is 6.54 Å². The van der Waals surface area contributed by atoms with E-state index in [1.54, 1.807) is 0 Å². The third kappa shape index (κ3) is 5.08. The second-order valence-corrected chi connectivity index (χ2v) is 5.06. The SMILES string of the molecule is CC(C)(C)[S@+]([O-])N[CH]CC#N. The Labute approximate surface area is 71.1 Å². The third-order valence-electron chi connectivity index (χ3n) is 0.940. The predicted molar refractivity (Wildman–Crippen MR) is 45.6 cm³/mol. The maximum Gasteiger partial charge on any atom is 0.136 e. The lowest BCUT2D eigenvalue weighted by Crippen LogP contribution is -2.37. The highest BCUT2D eigenvalue weighted by Gasteiger charge is 2.25. The van der Waals surface area contributed by atoms with Crippen LogP contribution in [0.4, 0.5) is 0 Å². The van der Waals surface area contributed by atoms with Crippen LogP contribution in [-0.2, 0) is 11.4 Å². The predicted octanol–water partition coefficient (Wildman–Crippen LogP) is 1.11. The van der Waals surface area contributed by atoms with Crippen LogP contribution in [0, 0.1) is 17.9 Å². The molecule has 4 heteroatoms. The van der Waals surface area contributed by atoms with Gasteiger partial charge in [0.1, 0.15) is 4.75 Å². The second-order valence-electron chi connectivity index (χ2n) is 3.07. The average molecular weight is 173 g/mol. The summed E-state index contributed by atoms with van der Waals surface area (Å²) in [5.74, 6) is 0. The van der Waals surface area contributed by atoms with Crippen LogP contribution in [0.2, 0.25) is 0 Å². The van der Waals surface area contributed by atoms with Crippen molar-refractivity contribution < 1.29 is 4.55 Å². The van der Waals surface area contributed by atoms with Crippen LogP contribution in [0.5, 0.6) is 0 Å². The van der Waals surface area contributed by atoms with E-state index in [0.29, 0.717) is 0 Å². The summed E-state index contributed by atoms with van der Waals surface area (Å²) in [4.78, 5) is 0. The Bertz CT molecular complexity index is 148. The van der Waals surface area contributed by atoms with E-state index in [2.05, 4.69) is 4.72 Å². The van der Waals surface area contributed by atoms with Gasteiger partial charge in [0.15, 0.2) is 0 Å². The standard InChI is InChI=1S/C7H13N2OS/c1-7(2,3)11(10)9-6-4-5-8/h6,9H,4H2,1-3H3/t11-/m0/s1. The van der Waals surface area contributed by atoms with E-state index >= 15 is 0 Å². The van der Waals surface area contributed by atoms with Crippen molar-refractivity contribution in [3.63, 3.8) is 0 Å². The Morgan fingerprint density at radius 2 is 2.18 bits per heavy atom. The van der Waals surface area contributed by atoms with E-state index in [4.69, 9.17) is 5.26 Å². The van der Waals surface area contributed by atoms with Gasteiger partial charge in [-0.05, 0) is 20.8 Å². The fraction of sp³-hybridized carbons (Fsp3) is 0.714. The lowest BCUT2D eigenvalue weighted by atomic mass is 10.3. The van der Waals surface area contributed by atoms with Crippen LogP contribution in [0.15, 0.2) is 0 Å². The minimum absolute atomic E-state index is 0.272. The van der Waals surface area contributed by atoms with Crippen LogP contribution in [0.1, 0.15) is 27.2 Å². The van der Waals surface area contributed by atoms with Gasteiger partial charge >= 0.3 is 0 Å². The van der Waals surface area contributed by atoms with Crippen molar-refractivity contribution in [2.45, 2.75) is 31.9 Å². The molecular formula is C7H13N2OS. The molecule has 3 nitrogen and oxygen atoms in total. The van der Waals surface area contributed by atoms with E-state index in [0.717, 1.165) is 0 Å². The molecule has 0 aliphatic carbocycles. The number of rotatable bonds is 3. The molecule has 63 valence electrons. The van der Waals surface area contributed by atoms with Gasteiger partial charge in [-0.1, -0.05) is 0 Å². The molecule has 0 bridgehead atoms. The number of hydrogen-bond donors (Lipinski definition) is 1. The van der Waals surface area contributed by atoms with Gasteiger partial charge in [-0.3, -0.25) is 0 Å². The Hall–Kier alpha value is -0.240. The maximum absolute atomic E-state index is 11.2. The Balaban J connectivity index is 3.55. The van der Waals surface area contributed by atoms with Crippen molar-refractivity contribution >= 4 is 11.4 Å². The monoisotopic (exact) mass is 173 g/mol. The zero-order valence-electron chi connectivity index (χ0n) is 7.05. The summed E-state index contributed by atoms with van der Waals surface area (Å²) in [5, 5.41) is 8.16. The van der Waals surface area contributed by atoms with Gasteiger partial charge in [0, 0.05) is 11.4 Å². The first-order valence-electron chi connectivity index (χ1n) is 3.35. The van der Waals surface area contributed by atoms with Crippen molar-refractivity contribution in [2.24, 2.45) is 0 Å². The fourth-order valence-electron chi connectivity index (χ4n) is 0.340. The molecule has 0 aliphatic heterocycles. The number of nitriles is 1. The molecule has 0 aromatic rings. The quantitative estimate of drug-likeness (QED) is 0.514. The summed E-state index contributed by atoms with van der Waals surface area (Å²) in [7, 11) is 0. The van der Waals surface area contributed by atoms with Gasteiger partial charge in [-0.25, -0.2) is 0 Å². The molecule has 0 unspecified atom stereocenters. The molecule has 1 N–H and O–H groups in total. The lowest BCUT2D eigenvalue weighted by molar-refractivity contribution is 0.550. The van der Waals surface area contributed by atoms with Crippen molar-refractivity contribution in [1.29, 1.82) is 5.26 Å². The molecule has 11 heavy (non-hydrogen) atoms. The van der Waals surface area contributed by atoms with Crippen LogP contribution in [0.3, 0.4) is 0 Å². The van der Waals surface area contributed by atoms with Crippen LogP contribution < -0.4 is 4.72 Å². The molecule has 0 rings (SSSR count). The Morgan fingerprint density at radius 3 is 2.55 bits per heavy atom. The summed E-state index contributed by atoms with van der Waals surface area (Å²) in [6, 6.07) is 1.92. The smallest absolute Gasteiger partial charge is 0.136 e. The molecule has 0 aromatic heterocycles. The van der Waals surface area contributed by atoms with Gasteiger partial charge < -0.3 is 4.55 Å². The molecule has 0 fully saturated rings. The summed E-state index contributed by atoms with van der Waals surface area (Å²) < 4.78 is 13.6. The highest BCUT2D eigenvalue weighted by atomic mass is 32.2. The summed E-state index contributed by atoms with van der Waals surface area (Å²) in [5.41, 5.74) is 0. The first kappa shape index (κ1) is 10.8. The molecule has 0 amide bonds. The van der Waals surface area contributed by atoms with Gasteiger partial charge in [0.25, 0.3) is 0 Å². The van der Waals surface area contributed by atoms with E-state index in [9.17, 15) is 4.55 Å². The maximum atomic E-state index is 11.2. The molecule has 0 aromatic carbocycles. The zero-order valence-corrected chi connectivity index (χ0v) is 7.86. The largest absolute Gasteiger partial charge is 0.598 e. The number of nitrogens with zero attached hydrogens (tertiary/aromatic N) is 1. The van der Waals surface area contributed by atoms with Crippen LogP contribution >= 0.6 is 0 Å². The van der Waals surface area contributed by atoms with Gasteiger partial charge in [0.05, 0.1) is 19.0 Å². The van der Waals surface area contributed by atoms with Crippen LogP contribution in [0.25, 0.3) is 0 Å². The van der Waals surface area contributed by atoms with Crippen molar-refractivity contribution in [1.82, 2.24) is 4.72 Å². The molecule has 1 atom stereocenters. The normalized spacial score (nSPS) is 14.1. The van der Waals surface area contributed by atoms with Crippen LogP contribution in [-0.4, -0.2) is 9.30 Å². The first-order valence-corrected chi connectivity index (χ1v) is 4.50. The molecule has 0 spiro atoms. The highest BCUT2D eigenvalue weighted by molar-refractivity contribution is 7.90. The van der Waals surface area contributed by atoms with Crippen molar-refractivity contribution in [3.8, 4) is 6.07 Å². The average Bonchev–Trinajstić information content (AvgIpc) is 1.86. The van der Waals surface area contributed by atoms with E-state index in [1.165, 1.54) is 6.54 Å². The fourth-order valence-corrected chi connectivity index (χ4v) is 0.928. The molecular weight excluding hydrogens is 160 g/mol. The highest BCUT2D eigenvalue weighted by Crippen LogP contribution is 2.13. The van der Waals surface area contributed by atoms with Gasteiger partial charge in [-0.2, -0.15) is 5.26 Å². The van der Waals surface area contributed by atoms with Gasteiger partial charge in [0.2, 0.25) is 0 Å². The zero-order chi connectivity index (χ0) is 8.91. The minimum atomic E-state index is -1.10. The van der Waals surface area contributed by atoms with Crippen molar-refractivity contribution in [2.75, 3.05) is 0 Å². The first-order chi connectivity index (χ1) is 4.98. The topological polar surface area (TPSA) is 58.9 Å². The molecule has 0 heterocycles. The molecule has 0 saturated heterocycles. The molecule has 1 radical (unpaired) electrons. The summed E-state index contributed by atoms with van der Waals surface area (Å²) in [6.45, 7) is 7.13. The second kappa shape index (κ2) is 4.60. The minimum Gasteiger partial charge on any atom is -0.598 e.